The zero-order valence-corrected chi connectivity index (χ0v) is 10.8. The lowest BCUT2D eigenvalue weighted by molar-refractivity contribution is 0.631. The number of rotatable bonds is 1. The Morgan fingerprint density at radius 1 is 1.22 bits per heavy atom. The molecule has 1 heterocycles. The molecule has 0 fully saturated rings. The number of nitrogens with two attached hydrogens (primary N) is 1. The molecule has 0 amide bonds. The van der Waals surface area contributed by atoms with Crippen molar-refractivity contribution >= 4 is 32.5 Å². The van der Waals surface area contributed by atoms with Crippen LogP contribution < -0.4 is 5.73 Å². The van der Waals surface area contributed by atoms with Gasteiger partial charge in [0.2, 0.25) is 0 Å². The summed E-state index contributed by atoms with van der Waals surface area (Å²) in [5.41, 5.74) is 8.37. The van der Waals surface area contributed by atoms with E-state index in [1.165, 1.54) is 6.07 Å². The highest BCUT2D eigenvalue weighted by Gasteiger charge is 2.14. The van der Waals surface area contributed by atoms with Gasteiger partial charge in [-0.2, -0.15) is 5.10 Å². The standard InChI is InChI=1S/C13H9BrFN3/c14-12-8(7-3-1-2-4-10(7)15)5-11(16)13-9(12)6-17-18-13/h1-6H,16H2,(H,17,18). The Balaban J connectivity index is 2.36. The molecule has 2 aromatic carbocycles. The summed E-state index contributed by atoms with van der Waals surface area (Å²) in [5.74, 6) is -0.277. The van der Waals surface area contributed by atoms with E-state index in [2.05, 4.69) is 26.1 Å². The SMILES string of the molecule is Nc1cc(-c2ccccc2F)c(Br)c2c[nH]nc12. The second kappa shape index (κ2) is 4.10. The summed E-state index contributed by atoms with van der Waals surface area (Å²) >= 11 is 3.48. The number of aromatic nitrogens is 2. The van der Waals surface area contributed by atoms with Gasteiger partial charge in [0.05, 0.1) is 5.69 Å². The van der Waals surface area contributed by atoms with Crippen molar-refractivity contribution in [2.75, 3.05) is 5.73 Å². The maximum atomic E-state index is 13.8. The zero-order chi connectivity index (χ0) is 12.7. The van der Waals surface area contributed by atoms with Gasteiger partial charge in [0.1, 0.15) is 11.3 Å². The number of fused-ring (bicyclic) bond motifs is 1. The van der Waals surface area contributed by atoms with E-state index in [9.17, 15) is 4.39 Å². The van der Waals surface area contributed by atoms with E-state index >= 15 is 0 Å². The Labute approximate surface area is 111 Å². The number of benzene rings is 2. The van der Waals surface area contributed by atoms with Crippen molar-refractivity contribution in [1.82, 2.24) is 10.2 Å². The van der Waals surface area contributed by atoms with Crippen LogP contribution in [0.5, 0.6) is 0 Å². The maximum Gasteiger partial charge on any atom is 0.131 e. The molecule has 0 atom stereocenters. The van der Waals surface area contributed by atoms with Crippen LogP contribution in [0, 0.1) is 5.82 Å². The van der Waals surface area contributed by atoms with Gasteiger partial charge >= 0.3 is 0 Å². The Morgan fingerprint density at radius 3 is 2.78 bits per heavy atom. The van der Waals surface area contributed by atoms with E-state index < -0.39 is 0 Å². The summed E-state index contributed by atoms with van der Waals surface area (Å²) in [4.78, 5) is 0. The van der Waals surface area contributed by atoms with Crippen LogP contribution in [0.2, 0.25) is 0 Å². The molecular weight excluding hydrogens is 297 g/mol. The predicted molar refractivity (Wildman–Crippen MR) is 73.6 cm³/mol. The Bertz CT molecular complexity index is 736. The lowest BCUT2D eigenvalue weighted by Gasteiger charge is -2.08. The fourth-order valence-corrected chi connectivity index (χ4v) is 2.62. The number of halogens is 2. The lowest BCUT2D eigenvalue weighted by atomic mass is 10.0. The average Bonchev–Trinajstić information content (AvgIpc) is 2.85. The number of anilines is 1. The highest BCUT2D eigenvalue weighted by atomic mass is 79.9. The summed E-state index contributed by atoms with van der Waals surface area (Å²) in [6.45, 7) is 0. The van der Waals surface area contributed by atoms with Crippen molar-refractivity contribution in [3.63, 3.8) is 0 Å². The van der Waals surface area contributed by atoms with E-state index in [1.807, 2.05) is 0 Å². The molecule has 0 aliphatic carbocycles. The van der Waals surface area contributed by atoms with Gasteiger partial charge in [-0.1, -0.05) is 18.2 Å². The summed E-state index contributed by atoms with van der Waals surface area (Å²) in [6, 6.07) is 8.33. The van der Waals surface area contributed by atoms with Crippen LogP contribution >= 0.6 is 15.9 Å². The van der Waals surface area contributed by atoms with Crippen LogP contribution in [0.1, 0.15) is 0 Å². The third-order valence-electron chi connectivity index (χ3n) is 2.85. The first-order chi connectivity index (χ1) is 8.68. The smallest absolute Gasteiger partial charge is 0.131 e. The second-order valence-electron chi connectivity index (χ2n) is 3.95. The number of nitrogens with one attached hydrogen (secondary N) is 1. The van der Waals surface area contributed by atoms with Crippen LogP contribution in [-0.2, 0) is 0 Å². The van der Waals surface area contributed by atoms with Gasteiger partial charge in [0.25, 0.3) is 0 Å². The Morgan fingerprint density at radius 2 is 2.00 bits per heavy atom. The van der Waals surface area contributed by atoms with E-state index in [1.54, 1.807) is 30.5 Å². The highest BCUT2D eigenvalue weighted by Crippen LogP contribution is 2.37. The highest BCUT2D eigenvalue weighted by molar-refractivity contribution is 9.10. The van der Waals surface area contributed by atoms with Gasteiger partial charge in [-0.15, -0.1) is 0 Å². The number of nitrogens with zero attached hydrogens (tertiary/aromatic N) is 1. The Kier molecular flexibility index (Phi) is 2.56. The van der Waals surface area contributed by atoms with Crippen molar-refractivity contribution < 1.29 is 4.39 Å². The number of nitrogen functional groups attached to an aromatic ring is 1. The van der Waals surface area contributed by atoms with Gasteiger partial charge in [-0.05, 0) is 28.1 Å². The third kappa shape index (κ3) is 1.59. The molecule has 3 N–H and O–H groups in total. The normalized spacial score (nSPS) is 11.0. The van der Waals surface area contributed by atoms with E-state index in [0.717, 1.165) is 15.4 Å². The van der Waals surface area contributed by atoms with Crippen LogP contribution in [0.15, 0.2) is 41.0 Å². The summed E-state index contributed by atoms with van der Waals surface area (Å²) < 4.78 is 14.6. The van der Waals surface area contributed by atoms with Gasteiger partial charge in [0, 0.05) is 27.2 Å². The maximum absolute atomic E-state index is 13.8. The third-order valence-corrected chi connectivity index (χ3v) is 3.70. The fourth-order valence-electron chi connectivity index (χ4n) is 1.99. The van der Waals surface area contributed by atoms with Crippen LogP contribution in [0.4, 0.5) is 10.1 Å². The minimum absolute atomic E-state index is 0.277. The molecule has 0 radical (unpaired) electrons. The predicted octanol–water partition coefficient (Wildman–Crippen LogP) is 3.71. The van der Waals surface area contributed by atoms with Gasteiger partial charge in [-0.25, -0.2) is 4.39 Å². The minimum atomic E-state index is -0.277. The molecule has 5 heteroatoms. The number of hydrogen-bond acceptors (Lipinski definition) is 2. The topological polar surface area (TPSA) is 54.7 Å². The fraction of sp³-hybridized carbons (Fsp3) is 0. The van der Waals surface area contributed by atoms with Crippen molar-refractivity contribution in [2.24, 2.45) is 0 Å². The van der Waals surface area contributed by atoms with Crippen molar-refractivity contribution in [1.29, 1.82) is 0 Å². The molecule has 0 saturated heterocycles. The van der Waals surface area contributed by atoms with Gasteiger partial charge in [-0.3, -0.25) is 5.10 Å². The molecule has 0 saturated carbocycles. The van der Waals surface area contributed by atoms with E-state index in [0.29, 0.717) is 16.8 Å². The van der Waals surface area contributed by atoms with Gasteiger partial charge < -0.3 is 5.73 Å². The van der Waals surface area contributed by atoms with Crippen molar-refractivity contribution in [2.45, 2.75) is 0 Å². The molecule has 0 aliphatic rings. The molecule has 1 aromatic heterocycles. The first kappa shape index (κ1) is 11.2. The lowest BCUT2D eigenvalue weighted by Crippen LogP contribution is -1.91. The van der Waals surface area contributed by atoms with E-state index in [4.69, 9.17) is 5.73 Å². The van der Waals surface area contributed by atoms with Crippen LogP contribution in [0.3, 0.4) is 0 Å². The number of aromatic amines is 1. The molecule has 3 aromatic rings. The average molecular weight is 306 g/mol. The molecule has 0 unspecified atom stereocenters. The first-order valence-corrected chi connectivity index (χ1v) is 6.14. The number of hydrogen-bond donors (Lipinski definition) is 2. The number of H-pyrrole nitrogens is 1. The summed E-state index contributed by atoms with van der Waals surface area (Å²) in [6.07, 6.45) is 1.74. The van der Waals surface area contributed by atoms with Gasteiger partial charge in [0.15, 0.2) is 0 Å². The second-order valence-corrected chi connectivity index (χ2v) is 4.75. The van der Waals surface area contributed by atoms with Crippen molar-refractivity contribution in [3.05, 3.63) is 46.8 Å². The van der Waals surface area contributed by atoms with Crippen LogP contribution in [-0.4, -0.2) is 10.2 Å². The molecule has 0 spiro atoms. The van der Waals surface area contributed by atoms with E-state index in [-0.39, 0.29) is 5.82 Å². The largest absolute Gasteiger partial charge is 0.397 e. The minimum Gasteiger partial charge on any atom is -0.397 e. The van der Waals surface area contributed by atoms with Crippen molar-refractivity contribution in [3.8, 4) is 11.1 Å². The molecule has 3 nitrogen and oxygen atoms in total. The molecule has 3 rings (SSSR count). The molecule has 0 aliphatic heterocycles. The first-order valence-electron chi connectivity index (χ1n) is 5.35. The van der Waals surface area contributed by atoms with Crippen LogP contribution in [0.25, 0.3) is 22.0 Å². The molecule has 90 valence electrons. The summed E-state index contributed by atoms with van der Waals surface area (Å²) in [7, 11) is 0. The molecular formula is C13H9BrFN3. The quantitative estimate of drug-likeness (QED) is 0.673. The monoisotopic (exact) mass is 305 g/mol. The Hall–Kier alpha value is -1.88. The molecule has 18 heavy (non-hydrogen) atoms. The zero-order valence-electron chi connectivity index (χ0n) is 9.24. The summed E-state index contributed by atoms with van der Waals surface area (Å²) in [5, 5.41) is 7.66. The molecule has 0 bridgehead atoms.